The fourth-order valence-corrected chi connectivity index (χ4v) is 1.90. The van der Waals surface area contributed by atoms with E-state index in [1.165, 1.54) is 12.1 Å². The van der Waals surface area contributed by atoms with Crippen LogP contribution in [0, 0.1) is 0 Å². The summed E-state index contributed by atoms with van der Waals surface area (Å²) < 4.78 is 43.0. The number of aromatic nitrogens is 1. The number of halogens is 3. The zero-order valence-electron chi connectivity index (χ0n) is 10.6. The predicted octanol–water partition coefficient (Wildman–Crippen LogP) is 1.84. The molecular weight excluding hydrogens is 259 g/mol. The minimum absolute atomic E-state index is 0.0323. The Morgan fingerprint density at radius 1 is 1.47 bits per heavy atom. The van der Waals surface area contributed by atoms with Crippen LogP contribution in [0.2, 0.25) is 0 Å². The monoisotopic (exact) mass is 275 g/mol. The third-order valence-electron chi connectivity index (χ3n) is 2.89. The summed E-state index contributed by atoms with van der Waals surface area (Å²) in [6.07, 6.45) is -4.45. The van der Waals surface area contributed by atoms with E-state index in [4.69, 9.17) is 4.74 Å². The van der Waals surface area contributed by atoms with Gasteiger partial charge in [-0.2, -0.15) is 13.2 Å². The quantitative estimate of drug-likeness (QED) is 0.913. The standard InChI is InChI=1S/C12H16F3N3O/c1-18-5-6-19-9(8-18)7-16-11-4-2-3-10(17-11)12(13,14)15/h2-4,9H,5-8H2,1H3,(H,16,17). The fraction of sp³-hybridized carbons (Fsp3) is 0.583. The van der Waals surface area contributed by atoms with Gasteiger partial charge in [0, 0.05) is 19.6 Å². The van der Waals surface area contributed by atoms with Crippen molar-refractivity contribution in [2.24, 2.45) is 0 Å². The lowest BCUT2D eigenvalue weighted by atomic mass is 10.3. The number of ether oxygens (including phenoxy) is 1. The van der Waals surface area contributed by atoms with E-state index in [9.17, 15) is 13.2 Å². The Morgan fingerprint density at radius 2 is 2.26 bits per heavy atom. The molecule has 19 heavy (non-hydrogen) atoms. The smallest absolute Gasteiger partial charge is 0.374 e. The maximum absolute atomic E-state index is 12.5. The van der Waals surface area contributed by atoms with Gasteiger partial charge in [-0.25, -0.2) is 4.98 Å². The van der Waals surface area contributed by atoms with Gasteiger partial charge in [-0.1, -0.05) is 6.07 Å². The first-order valence-electron chi connectivity index (χ1n) is 6.03. The summed E-state index contributed by atoms with van der Waals surface area (Å²) in [6, 6.07) is 3.81. The summed E-state index contributed by atoms with van der Waals surface area (Å²) in [5, 5.41) is 2.88. The van der Waals surface area contributed by atoms with Crippen molar-refractivity contribution in [3.63, 3.8) is 0 Å². The highest BCUT2D eigenvalue weighted by molar-refractivity contribution is 5.36. The lowest BCUT2D eigenvalue weighted by Crippen LogP contribution is -2.43. The second-order valence-corrected chi connectivity index (χ2v) is 4.54. The van der Waals surface area contributed by atoms with Gasteiger partial charge in [0.25, 0.3) is 0 Å². The van der Waals surface area contributed by atoms with E-state index in [2.05, 4.69) is 15.2 Å². The third kappa shape index (κ3) is 4.07. The van der Waals surface area contributed by atoms with Crippen molar-refractivity contribution in [2.75, 3.05) is 38.6 Å². The van der Waals surface area contributed by atoms with Crippen LogP contribution in [0.15, 0.2) is 18.2 Å². The number of nitrogens with zero attached hydrogens (tertiary/aromatic N) is 2. The molecule has 0 bridgehead atoms. The second kappa shape index (κ2) is 5.75. The molecule has 2 heterocycles. The van der Waals surface area contributed by atoms with Crippen molar-refractivity contribution in [1.29, 1.82) is 0 Å². The summed E-state index contributed by atoms with van der Waals surface area (Å²) >= 11 is 0. The number of hydrogen-bond acceptors (Lipinski definition) is 4. The van der Waals surface area contributed by atoms with Crippen molar-refractivity contribution in [3.05, 3.63) is 23.9 Å². The zero-order valence-corrected chi connectivity index (χ0v) is 10.6. The molecule has 1 N–H and O–H groups in total. The molecule has 106 valence electrons. The van der Waals surface area contributed by atoms with E-state index >= 15 is 0 Å². The van der Waals surface area contributed by atoms with Crippen molar-refractivity contribution in [1.82, 2.24) is 9.88 Å². The van der Waals surface area contributed by atoms with Crippen LogP contribution in [0.3, 0.4) is 0 Å². The first kappa shape index (κ1) is 14.1. The molecule has 0 spiro atoms. The van der Waals surface area contributed by atoms with E-state index in [0.29, 0.717) is 13.2 Å². The topological polar surface area (TPSA) is 37.4 Å². The fourth-order valence-electron chi connectivity index (χ4n) is 1.90. The molecular formula is C12H16F3N3O. The molecule has 1 aromatic rings. The van der Waals surface area contributed by atoms with Gasteiger partial charge in [-0.15, -0.1) is 0 Å². The number of nitrogens with one attached hydrogen (secondary N) is 1. The summed E-state index contributed by atoms with van der Waals surface area (Å²) in [5.41, 5.74) is -0.890. The van der Waals surface area contributed by atoms with Gasteiger partial charge < -0.3 is 15.0 Å². The SMILES string of the molecule is CN1CCOC(CNc2cccc(C(F)(F)F)n2)C1. The van der Waals surface area contributed by atoms with Crippen molar-refractivity contribution < 1.29 is 17.9 Å². The maximum atomic E-state index is 12.5. The van der Waals surface area contributed by atoms with E-state index < -0.39 is 11.9 Å². The van der Waals surface area contributed by atoms with E-state index in [0.717, 1.165) is 19.2 Å². The summed E-state index contributed by atoms with van der Waals surface area (Å²) in [4.78, 5) is 5.66. The number of likely N-dealkylation sites (N-methyl/N-ethyl adjacent to an activating group) is 1. The van der Waals surface area contributed by atoms with Gasteiger partial charge in [-0.05, 0) is 19.2 Å². The van der Waals surface area contributed by atoms with E-state index in [1.807, 2.05) is 7.05 Å². The van der Waals surface area contributed by atoms with Crippen LogP contribution in [0.4, 0.5) is 19.0 Å². The number of morpholine rings is 1. The van der Waals surface area contributed by atoms with Crippen LogP contribution in [0.25, 0.3) is 0 Å². The van der Waals surface area contributed by atoms with Crippen LogP contribution in [0.5, 0.6) is 0 Å². The van der Waals surface area contributed by atoms with Gasteiger partial charge in [0.05, 0.1) is 12.7 Å². The van der Waals surface area contributed by atoms with Crippen LogP contribution in [0.1, 0.15) is 5.69 Å². The minimum atomic E-state index is -4.42. The normalized spacial score (nSPS) is 21.4. The Bertz CT molecular complexity index is 425. The summed E-state index contributed by atoms with van der Waals surface area (Å²) in [7, 11) is 1.98. The Hall–Kier alpha value is -1.34. The van der Waals surface area contributed by atoms with Crippen LogP contribution >= 0.6 is 0 Å². The van der Waals surface area contributed by atoms with E-state index in [-0.39, 0.29) is 11.9 Å². The molecule has 1 fully saturated rings. The second-order valence-electron chi connectivity index (χ2n) is 4.54. The Morgan fingerprint density at radius 3 is 2.95 bits per heavy atom. The number of rotatable bonds is 3. The molecule has 0 saturated carbocycles. The molecule has 4 nitrogen and oxygen atoms in total. The molecule has 0 aliphatic carbocycles. The maximum Gasteiger partial charge on any atom is 0.433 e. The van der Waals surface area contributed by atoms with Crippen LogP contribution < -0.4 is 5.32 Å². The van der Waals surface area contributed by atoms with Crippen molar-refractivity contribution in [3.8, 4) is 0 Å². The number of anilines is 1. The largest absolute Gasteiger partial charge is 0.433 e. The molecule has 1 unspecified atom stereocenters. The van der Waals surface area contributed by atoms with Gasteiger partial charge in [-0.3, -0.25) is 0 Å². The number of hydrogen-bond donors (Lipinski definition) is 1. The highest BCUT2D eigenvalue weighted by Crippen LogP contribution is 2.28. The van der Waals surface area contributed by atoms with Gasteiger partial charge in [0.2, 0.25) is 0 Å². The Labute approximate surface area is 109 Å². The Balaban J connectivity index is 1.92. The molecule has 0 amide bonds. The van der Waals surface area contributed by atoms with Gasteiger partial charge >= 0.3 is 6.18 Å². The predicted molar refractivity (Wildman–Crippen MR) is 65.0 cm³/mol. The summed E-state index contributed by atoms with van der Waals surface area (Å²) in [6.45, 7) is 2.71. The van der Waals surface area contributed by atoms with E-state index in [1.54, 1.807) is 0 Å². The third-order valence-corrected chi connectivity index (χ3v) is 2.89. The average Bonchev–Trinajstić information content (AvgIpc) is 2.36. The van der Waals surface area contributed by atoms with Crippen molar-refractivity contribution >= 4 is 5.82 Å². The molecule has 2 rings (SSSR count). The van der Waals surface area contributed by atoms with Gasteiger partial charge in [0.1, 0.15) is 11.5 Å². The molecule has 1 saturated heterocycles. The lowest BCUT2D eigenvalue weighted by molar-refractivity contribution is -0.141. The number of alkyl halides is 3. The highest BCUT2D eigenvalue weighted by Gasteiger charge is 2.32. The van der Waals surface area contributed by atoms with Crippen LogP contribution in [-0.4, -0.2) is 49.3 Å². The lowest BCUT2D eigenvalue weighted by Gasteiger charge is -2.30. The molecule has 1 aromatic heterocycles. The zero-order chi connectivity index (χ0) is 13.9. The van der Waals surface area contributed by atoms with Crippen molar-refractivity contribution in [2.45, 2.75) is 12.3 Å². The summed E-state index contributed by atoms with van der Waals surface area (Å²) in [5.74, 6) is 0.214. The highest BCUT2D eigenvalue weighted by atomic mass is 19.4. The average molecular weight is 275 g/mol. The first-order chi connectivity index (χ1) is 8.95. The van der Waals surface area contributed by atoms with Crippen LogP contribution in [-0.2, 0) is 10.9 Å². The molecule has 7 heteroatoms. The molecule has 0 aromatic carbocycles. The molecule has 0 radical (unpaired) electrons. The molecule has 1 aliphatic heterocycles. The first-order valence-corrected chi connectivity index (χ1v) is 6.03. The number of pyridine rings is 1. The van der Waals surface area contributed by atoms with Gasteiger partial charge in [0.15, 0.2) is 0 Å². The molecule has 1 aliphatic rings. The minimum Gasteiger partial charge on any atom is -0.374 e. The Kier molecular flexibility index (Phi) is 4.26. The molecule has 1 atom stereocenters.